The van der Waals surface area contributed by atoms with Crippen molar-refractivity contribution >= 4 is 15.5 Å². The monoisotopic (exact) mass is 241 g/mol. The number of rotatable bonds is 6. The predicted molar refractivity (Wildman–Crippen MR) is 68.6 cm³/mol. The maximum Gasteiger partial charge on any atom is 0.150 e. The molecule has 90 valence electrons. The molecule has 0 aliphatic rings. The molecule has 0 atom stereocenters. The van der Waals surface area contributed by atoms with Crippen LogP contribution in [-0.4, -0.2) is 26.5 Å². The molecule has 0 amide bonds. The van der Waals surface area contributed by atoms with Gasteiger partial charge >= 0.3 is 0 Å². The fraction of sp³-hybridized carbons (Fsp3) is 0.500. The molecule has 0 aliphatic heterocycles. The molecule has 0 unspecified atom stereocenters. The van der Waals surface area contributed by atoms with E-state index in [2.05, 4.69) is 5.32 Å². The van der Waals surface area contributed by atoms with Crippen LogP contribution in [0.4, 0.5) is 5.69 Å². The number of aryl methyl sites for hydroxylation is 1. The van der Waals surface area contributed by atoms with E-state index >= 15 is 0 Å². The van der Waals surface area contributed by atoms with Gasteiger partial charge in [-0.25, -0.2) is 8.42 Å². The summed E-state index contributed by atoms with van der Waals surface area (Å²) in [5, 5.41) is 3.20. The van der Waals surface area contributed by atoms with Gasteiger partial charge < -0.3 is 5.32 Å². The summed E-state index contributed by atoms with van der Waals surface area (Å²) in [6, 6.07) is 8.07. The largest absolute Gasteiger partial charge is 0.385 e. The summed E-state index contributed by atoms with van der Waals surface area (Å²) in [4.78, 5) is 0. The Morgan fingerprint density at radius 1 is 1.19 bits per heavy atom. The molecule has 16 heavy (non-hydrogen) atoms. The lowest BCUT2D eigenvalue weighted by atomic mass is 10.2. The van der Waals surface area contributed by atoms with Crippen molar-refractivity contribution in [3.05, 3.63) is 29.8 Å². The molecule has 0 heterocycles. The van der Waals surface area contributed by atoms with E-state index in [0.717, 1.165) is 5.69 Å². The van der Waals surface area contributed by atoms with Gasteiger partial charge in [-0.05, 0) is 25.5 Å². The number of anilines is 1. The van der Waals surface area contributed by atoms with Crippen LogP contribution >= 0.6 is 0 Å². The Bertz CT molecular complexity index is 409. The lowest BCUT2D eigenvalue weighted by Crippen LogP contribution is -2.12. The van der Waals surface area contributed by atoms with Gasteiger partial charge in [0.2, 0.25) is 0 Å². The minimum absolute atomic E-state index is 0.234. The number of benzene rings is 1. The number of hydrogen-bond donors (Lipinski definition) is 1. The van der Waals surface area contributed by atoms with Crippen LogP contribution < -0.4 is 5.32 Å². The quantitative estimate of drug-likeness (QED) is 0.777. The van der Waals surface area contributed by atoms with E-state index in [-0.39, 0.29) is 11.5 Å². The van der Waals surface area contributed by atoms with Gasteiger partial charge in [0.05, 0.1) is 5.75 Å². The molecule has 1 N–H and O–H groups in total. The van der Waals surface area contributed by atoms with Crippen LogP contribution in [0.15, 0.2) is 24.3 Å². The number of nitrogens with one attached hydrogen (secondary N) is 1. The van der Waals surface area contributed by atoms with Crippen LogP contribution in [0.2, 0.25) is 0 Å². The SMILES string of the molecule is CCS(=O)(=O)CCCNc1ccc(C)cc1. The van der Waals surface area contributed by atoms with Gasteiger partial charge in [0, 0.05) is 18.0 Å². The van der Waals surface area contributed by atoms with E-state index in [1.807, 2.05) is 31.2 Å². The summed E-state index contributed by atoms with van der Waals surface area (Å²) in [7, 11) is -2.82. The van der Waals surface area contributed by atoms with Crippen LogP contribution in [0.25, 0.3) is 0 Å². The zero-order valence-corrected chi connectivity index (χ0v) is 10.7. The summed E-state index contributed by atoms with van der Waals surface area (Å²) >= 11 is 0. The second-order valence-electron chi connectivity index (χ2n) is 3.88. The van der Waals surface area contributed by atoms with Crippen molar-refractivity contribution < 1.29 is 8.42 Å². The zero-order valence-electron chi connectivity index (χ0n) is 9.86. The van der Waals surface area contributed by atoms with Crippen LogP contribution in [0.1, 0.15) is 18.9 Å². The third-order valence-corrected chi connectivity index (χ3v) is 4.24. The molecule has 3 nitrogen and oxygen atoms in total. The number of hydrogen-bond acceptors (Lipinski definition) is 3. The molecule has 0 radical (unpaired) electrons. The summed E-state index contributed by atoms with van der Waals surface area (Å²) in [5.74, 6) is 0.500. The van der Waals surface area contributed by atoms with E-state index in [1.54, 1.807) is 6.92 Å². The van der Waals surface area contributed by atoms with Crippen molar-refractivity contribution in [3.8, 4) is 0 Å². The van der Waals surface area contributed by atoms with Crippen molar-refractivity contribution in [1.29, 1.82) is 0 Å². The average molecular weight is 241 g/mol. The van der Waals surface area contributed by atoms with Gasteiger partial charge in [0.25, 0.3) is 0 Å². The highest BCUT2D eigenvalue weighted by molar-refractivity contribution is 7.91. The normalized spacial score (nSPS) is 11.4. The Morgan fingerprint density at radius 3 is 2.38 bits per heavy atom. The van der Waals surface area contributed by atoms with Crippen LogP contribution in [0.3, 0.4) is 0 Å². The fourth-order valence-corrected chi connectivity index (χ4v) is 2.21. The smallest absolute Gasteiger partial charge is 0.150 e. The molecule has 0 aliphatic carbocycles. The highest BCUT2D eigenvalue weighted by Crippen LogP contribution is 2.08. The standard InChI is InChI=1S/C12H19NO2S/c1-3-16(14,15)10-4-9-13-12-7-5-11(2)6-8-12/h5-8,13H,3-4,9-10H2,1-2H3. The lowest BCUT2D eigenvalue weighted by molar-refractivity contribution is 0.595. The molecule has 0 saturated carbocycles. The summed E-state index contributed by atoms with van der Waals surface area (Å²) in [5.41, 5.74) is 2.26. The summed E-state index contributed by atoms with van der Waals surface area (Å²) < 4.78 is 22.5. The van der Waals surface area contributed by atoms with Gasteiger partial charge in [0.1, 0.15) is 9.84 Å². The maximum absolute atomic E-state index is 11.2. The molecule has 4 heteroatoms. The average Bonchev–Trinajstić information content (AvgIpc) is 2.27. The van der Waals surface area contributed by atoms with Crippen LogP contribution in [-0.2, 0) is 9.84 Å². The van der Waals surface area contributed by atoms with Gasteiger partial charge in [-0.3, -0.25) is 0 Å². The highest BCUT2D eigenvalue weighted by atomic mass is 32.2. The van der Waals surface area contributed by atoms with Gasteiger partial charge in [-0.2, -0.15) is 0 Å². The van der Waals surface area contributed by atoms with E-state index in [1.165, 1.54) is 5.56 Å². The topological polar surface area (TPSA) is 46.2 Å². The molecule has 0 bridgehead atoms. The molecule has 0 aromatic heterocycles. The first kappa shape index (κ1) is 13.0. The maximum atomic E-state index is 11.2. The molecule has 0 fully saturated rings. The molecule has 0 spiro atoms. The minimum Gasteiger partial charge on any atom is -0.385 e. The number of sulfone groups is 1. The summed E-state index contributed by atoms with van der Waals surface area (Å²) in [6.45, 7) is 4.42. The van der Waals surface area contributed by atoms with Crippen LogP contribution in [0.5, 0.6) is 0 Å². The first-order valence-electron chi connectivity index (χ1n) is 5.54. The van der Waals surface area contributed by atoms with Gasteiger partial charge in [0.15, 0.2) is 0 Å². The Kier molecular flexibility index (Phi) is 4.80. The Hall–Kier alpha value is -1.03. The third-order valence-electron chi connectivity index (χ3n) is 2.45. The molecule has 0 saturated heterocycles. The first-order chi connectivity index (χ1) is 7.53. The molecule has 1 rings (SSSR count). The van der Waals surface area contributed by atoms with Crippen molar-refractivity contribution in [2.24, 2.45) is 0 Å². The third kappa shape index (κ3) is 4.66. The van der Waals surface area contributed by atoms with Crippen molar-refractivity contribution in [2.75, 3.05) is 23.4 Å². The zero-order chi connectivity index (χ0) is 12.0. The highest BCUT2D eigenvalue weighted by Gasteiger charge is 2.05. The summed E-state index contributed by atoms with van der Waals surface area (Å²) in [6.07, 6.45) is 0.657. The Labute approximate surface area is 97.8 Å². The lowest BCUT2D eigenvalue weighted by Gasteiger charge is -2.06. The van der Waals surface area contributed by atoms with Gasteiger partial charge in [-0.1, -0.05) is 24.6 Å². The van der Waals surface area contributed by atoms with Crippen molar-refractivity contribution in [2.45, 2.75) is 20.3 Å². The van der Waals surface area contributed by atoms with E-state index in [0.29, 0.717) is 13.0 Å². The van der Waals surface area contributed by atoms with E-state index < -0.39 is 9.84 Å². The van der Waals surface area contributed by atoms with Crippen molar-refractivity contribution in [3.63, 3.8) is 0 Å². The molecule has 1 aromatic rings. The molecule has 1 aromatic carbocycles. The van der Waals surface area contributed by atoms with E-state index in [4.69, 9.17) is 0 Å². The second kappa shape index (κ2) is 5.89. The van der Waals surface area contributed by atoms with Gasteiger partial charge in [-0.15, -0.1) is 0 Å². The Morgan fingerprint density at radius 2 is 1.81 bits per heavy atom. The van der Waals surface area contributed by atoms with Crippen LogP contribution in [0, 0.1) is 6.92 Å². The molecular formula is C12H19NO2S. The fourth-order valence-electron chi connectivity index (χ4n) is 1.34. The predicted octanol–water partition coefficient (Wildman–Crippen LogP) is 2.23. The first-order valence-corrected chi connectivity index (χ1v) is 7.36. The minimum atomic E-state index is -2.82. The van der Waals surface area contributed by atoms with Crippen molar-refractivity contribution in [1.82, 2.24) is 0 Å². The second-order valence-corrected chi connectivity index (χ2v) is 6.36. The Balaban J connectivity index is 2.29. The molecular weight excluding hydrogens is 222 g/mol. The van der Waals surface area contributed by atoms with E-state index in [9.17, 15) is 8.42 Å².